The van der Waals surface area contributed by atoms with Crippen molar-refractivity contribution in [3.8, 4) is 11.5 Å². The van der Waals surface area contributed by atoms with E-state index in [9.17, 15) is 9.18 Å². The average Bonchev–Trinajstić information content (AvgIpc) is 2.78. The highest BCUT2D eigenvalue weighted by Gasteiger charge is 2.21. The molecule has 2 aromatic rings. The van der Waals surface area contributed by atoms with Gasteiger partial charge in [0.1, 0.15) is 12.4 Å². The van der Waals surface area contributed by atoms with Gasteiger partial charge in [-0.25, -0.2) is 4.39 Å². The fourth-order valence-corrected chi connectivity index (χ4v) is 3.53. The summed E-state index contributed by atoms with van der Waals surface area (Å²) in [5.41, 5.74) is 1.27. The molecule has 5 nitrogen and oxygen atoms in total. The van der Waals surface area contributed by atoms with Gasteiger partial charge in [-0.1, -0.05) is 45.0 Å². The first-order valence-electron chi connectivity index (χ1n) is 11.4. The predicted molar refractivity (Wildman–Crippen MR) is 125 cm³/mol. The van der Waals surface area contributed by atoms with E-state index in [0.717, 1.165) is 50.5 Å². The average molecular weight is 443 g/mol. The van der Waals surface area contributed by atoms with Crippen molar-refractivity contribution in [2.45, 2.75) is 33.6 Å². The van der Waals surface area contributed by atoms with Crippen LogP contribution in [0.3, 0.4) is 0 Å². The van der Waals surface area contributed by atoms with Crippen molar-refractivity contribution in [3.63, 3.8) is 0 Å². The minimum atomic E-state index is -0.338. The van der Waals surface area contributed by atoms with Gasteiger partial charge in [0.05, 0.1) is 6.61 Å². The Balaban J connectivity index is 1.33. The SMILES string of the molecule is CC(C)(C)COc1ccc(CCC(=O)N2CCN(CCOc3ccccc3F)CC2)cc1. The minimum absolute atomic E-state index is 0.127. The zero-order valence-corrected chi connectivity index (χ0v) is 19.5. The van der Waals surface area contributed by atoms with Crippen LogP contribution in [0.5, 0.6) is 11.5 Å². The second kappa shape index (κ2) is 11.3. The maximum atomic E-state index is 13.6. The third kappa shape index (κ3) is 7.83. The second-order valence-corrected chi connectivity index (χ2v) is 9.49. The van der Waals surface area contributed by atoms with E-state index in [-0.39, 0.29) is 22.9 Å². The third-order valence-corrected chi connectivity index (χ3v) is 5.45. The highest BCUT2D eigenvalue weighted by atomic mass is 19.1. The maximum Gasteiger partial charge on any atom is 0.222 e. The van der Waals surface area contributed by atoms with Crippen molar-refractivity contribution in [2.24, 2.45) is 5.41 Å². The number of amides is 1. The number of para-hydroxylation sites is 1. The molecule has 174 valence electrons. The largest absolute Gasteiger partial charge is 0.493 e. The number of benzene rings is 2. The monoisotopic (exact) mass is 442 g/mol. The van der Waals surface area contributed by atoms with Gasteiger partial charge in [0, 0.05) is 39.1 Å². The number of hydrogen-bond donors (Lipinski definition) is 0. The van der Waals surface area contributed by atoms with Crippen LogP contribution in [-0.2, 0) is 11.2 Å². The van der Waals surface area contributed by atoms with Crippen molar-refractivity contribution in [2.75, 3.05) is 45.9 Å². The Bertz CT molecular complexity index is 856. The molecule has 1 heterocycles. The molecule has 0 saturated carbocycles. The van der Waals surface area contributed by atoms with Gasteiger partial charge in [0.25, 0.3) is 0 Å². The van der Waals surface area contributed by atoms with E-state index in [0.29, 0.717) is 19.6 Å². The Hall–Kier alpha value is -2.60. The second-order valence-electron chi connectivity index (χ2n) is 9.49. The van der Waals surface area contributed by atoms with E-state index in [2.05, 4.69) is 25.7 Å². The summed E-state index contributed by atoms with van der Waals surface area (Å²) in [7, 11) is 0. The Morgan fingerprint density at radius 1 is 0.969 bits per heavy atom. The van der Waals surface area contributed by atoms with Crippen LogP contribution in [-0.4, -0.2) is 61.6 Å². The van der Waals surface area contributed by atoms with Gasteiger partial charge >= 0.3 is 0 Å². The van der Waals surface area contributed by atoms with Crippen LogP contribution in [0, 0.1) is 11.2 Å². The summed E-state index contributed by atoms with van der Waals surface area (Å²) in [6.07, 6.45) is 1.24. The van der Waals surface area contributed by atoms with Gasteiger partial charge in [-0.15, -0.1) is 0 Å². The molecule has 1 amide bonds. The molecular weight excluding hydrogens is 407 g/mol. The lowest BCUT2D eigenvalue weighted by Crippen LogP contribution is -2.49. The van der Waals surface area contributed by atoms with Crippen LogP contribution in [0.25, 0.3) is 0 Å². The zero-order chi connectivity index (χ0) is 23.0. The molecule has 3 rings (SSSR count). The summed E-state index contributed by atoms with van der Waals surface area (Å²) in [5, 5.41) is 0. The molecule has 0 radical (unpaired) electrons. The summed E-state index contributed by atoms with van der Waals surface area (Å²) in [5.74, 6) is 1.01. The first-order valence-corrected chi connectivity index (χ1v) is 11.4. The molecular formula is C26H35FN2O3. The minimum Gasteiger partial charge on any atom is -0.493 e. The number of hydrogen-bond acceptors (Lipinski definition) is 4. The van der Waals surface area contributed by atoms with Gasteiger partial charge in [-0.05, 0) is 41.7 Å². The van der Waals surface area contributed by atoms with Crippen LogP contribution in [0.4, 0.5) is 4.39 Å². The first kappa shape index (κ1) is 24.1. The van der Waals surface area contributed by atoms with Gasteiger partial charge in [0.15, 0.2) is 11.6 Å². The quantitative estimate of drug-likeness (QED) is 0.577. The maximum absolute atomic E-state index is 13.6. The lowest BCUT2D eigenvalue weighted by Gasteiger charge is -2.34. The molecule has 1 aliphatic heterocycles. The smallest absolute Gasteiger partial charge is 0.222 e. The summed E-state index contributed by atoms with van der Waals surface area (Å²) < 4.78 is 24.9. The molecule has 0 bridgehead atoms. The van der Waals surface area contributed by atoms with Crippen molar-refractivity contribution in [1.82, 2.24) is 9.80 Å². The lowest BCUT2D eigenvalue weighted by atomic mass is 9.99. The number of aryl methyl sites for hydroxylation is 1. The number of piperazine rings is 1. The Kier molecular flexibility index (Phi) is 8.51. The molecule has 0 aromatic heterocycles. The topological polar surface area (TPSA) is 42.0 Å². The third-order valence-electron chi connectivity index (χ3n) is 5.45. The van der Waals surface area contributed by atoms with Crippen molar-refractivity contribution in [3.05, 3.63) is 59.9 Å². The number of carbonyl (C=O) groups is 1. The predicted octanol–water partition coefficient (Wildman–Crippen LogP) is 4.41. The van der Waals surface area contributed by atoms with Crippen LogP contribution in [0.2, 0.25) is 0 Å². The Morgan fingerprint density at radius 2 is 1.66 bits per heavy atom. The molecule has 0 aliphatic carbocycles. The van der Waals surface area contributed by atoms with Crippen LogP contribution >= 0.6 is 0 Å². The molecule has 32 heavy (non-hydrogen) atoms. The standard InChI is InChI=1S/C26H35FN2O3/c1-26(2,3)20-32-22-11-8-21(9-12-22)10-13-25(30)29-16-14-28(15-17-29)18-19-31-24-7-5-4-6-23(24)27/h4-9,11-12H,10,13-20H2,1-3H3. The highest BCUT2D eigenvalue weighted by molar-refractivity contribution is 5.76. The van der Waals surface area contributed by atoms with E-state index < -0.39 is 0 Å². The summed E-state index contributed by atoms with van der Waals surface area (Å²) in [6, 6.07) is 14.5. The highest BCUT2D eigenvalue weighted by Crippen LogP contribution is 2.19. The van der Waals surface area contributed by atoms with Crippen LogP contribution in [0.1, 0.15) is 32.8 Å². The van der Waals surface area contributed by atoms with E-state index in [4.69, 9.17) is 9.47 Å². The van der Waals surface area contributed by atoms with Crippen LogP contribution < -0.4 is 9.47 Å². The van der Waals surface area contributed by atoms with E-state index in [1.54, 1.807) is 18.2 Å². The van der Waals surface area contributed by atoms with Crippen molar-refractivity contribution >= 4 is 5.91 Å². The van der Waals surface area contributed by atoms with E-state index in [1.165, 1.54) is 6.07 Å². The molecule has 1 aliphatic rings. The number of halogens is 1. The lowest BCUT2D eigenvalue weighted by molar-refractivity contribution is -0.132. The van der Waals surface area contributed by atoms with Crippen LogP contribution in [0.15, 0.2) is 48.5 Å². The molecule has 0 N–H and O–H groups in total. The molecule has 0 unspecified atom stereocenters. The summed E-state index contributed by atoms with van der Waals surface area (Å²) in [4.78, 5) is 16.8. The molecule has 0 spiro atoms. The fraction of sp³-hybridized carbons (Fsp3) is 0.500. The zero-order valence-electron chi connectivity index (χ0n) is 19.5. The molecule has 2 aromatic carbocycles. The number of rotatable bonds is 9. The summed E-state index contributed by atoms with van der Waals surface area (Å²) in [6.45, 7) is 11.3. The van der Waals surface area contributed by atoms with Crippen molar-refractivity contribution < 1.29 is 18.7 Å². The molecule has 1 saturated heterocycles. The van der Waals surface area contributed by atoms with Crippen molar-refractivity contribution in [1.29, 1.82) is 0 Å². The molecule has 0 atom stereocenters. The van der Waals surface area contributed by atoms with E-state index in [1.807, 2.05) is 29.2 Å². The van der Waals surface area contributed by atoms with E-state index >= 15 is 0 Å². The normalized spacial score (nSPS) is 14.9. The molecule has 1 fully saturated rings. The first-order chi connectivity index (χ1) is 15.3. The van der Waals surface area contributed by atoms with Gasteiger partial charge in [-0.3, -0.25) is 9.69 Å². The fourth-order valence-electron chi connectivity index (χ4n) is 3.53. The van der Waals surface area contributed by atoms with Gasteiger partial charge < -0.3 is 14.4 Å². The Labute approximate surface area is 191 Å². The van der Waals surface area contributed by atoms with Gasteiger partial charge in [-0.2, -0.15) is 0 Å². The number of carbonyl (C=O) groups excluding carboxylic acids is 1. The van der Waals surface area contributed by atoms with Gasteiger partial charge in [0.2, 0.25) is 5.91 Å². The summed E-state index contributed by atoms with van der Waals surface area (Å²) >= 11 is 0. The number of ether oxygens (including phenoxy) is 2. The number of nitrogens with zero attached hydrogens (tertiary/aromatic N) is 2. The molecule has 6 heteroatoms. The Morgan fingerprint density at radius 3 is 2.31 bits per heavy atom.